The van der Waals surface area contributed by atoms with Crippen molar-refractivity contribution >= 4 is 11.3 Å². The van der Waals surface area contributed by atoms with Gasteiger partial charge in [0.05, 0.1) is 6.04 Å². The molecule has 1 nitrogen and oxygen atoms in total. The van der Waals surface area contributed by atoms with Crippen molar-refractivity contribution in [2.24, 2.45) is 5.73 Å². The van der Waals surface area contributed by atoms with Gasteiger partial charge in [-0.3, -0.25) is 0 Å². The predicted octanol–water partition coefficient (Wildman–Crippen LogP) is 3.36. The summed E-state index contributed by atoms with van der Waals surface area (Å²) in [5, 5.41) is 0. The Morgan fingerprint density at radius 2 is 1.87 bits per heavy atom. The highest BCUT2D eigenvalue weighted by molar-refractivity contribution is 7.12. The zero-order chi connectivity index (χ0) is 10.7. The van der Waals surface area contributed by atoms with Crippen LogP contribution in [0.3, 0.4) is 0 Å². The molecule has 2 aromatic rings. The van der Waals surface area contributed by atoms with Gasteiger partial charge in [-0.1, -0.05) is 37.3 Å². The van der Waals surface area contributed by atoms with Crippen molar-refractivity contribution < 1.29 is 0 Å². The van der Waals surface area contributed by atoms with Crippen LogP contribution in [0.2, 0.25) is 0 Å². The first-order valence-electron chi connectivity index (χ1n) is 5.20. The molecule has 1 unspecified atom stereocenters. The third-order valence-electron chi connectivity index (χ3n) is 2.50. The third-order valence-corrected chi connectivity index (χ3v) is 3.81. The summed E-state index contributed by atoms with van der Waals surface area (Å²) < 4.78 is 0. The van der Waals surface area contributed by atoms with Gasteiger partial charge in [-0.05, 0) is 24.1 Å². The van der Waals surface area contributed by atoms with E-state index in [0.717, 1.165) is 6.42 Å². The molecular weight excluding hydrogens is 202 g/mol. The van der Waals surface area contributed by atoms with E-state index in [1.165, 1.54) is 15.3 Å². The SMILES string of the molecule is CCc1ccc(C(N)c2ccccc2)s1. The fourth-order valence-electron chi connectivity index (χ4n) is 1.58. The second-order valence-corrected chi connectivity index (χ2v) is 4.75. The van der Waals surface area contributed by atoms with E-state index in [1.54, 1.807) is 0 Å². The molecule has 78 valence electrons. The van der Waals surface area contributed by atoms with Crippen molar-refractivity contribution in [3.05, 3.63) is 57.8 Å². The zero-order valence-corrected chi connectivity index (χ0v) is 9.63. The van der Waals surface area contributed by atoms with Gasteiger partial charge in [-0.25, -0.2) is 0 Å². The molecule has 0 saturated carbocycles. The molecule has 0 aliphatic heterocycles. The number of rotatable bonds is 3. The Kier molecular flexibility index (Phi) is 3.19. The van der Waals surface area contributed by atoms with Crippen LogP contribution in [-0.4, -0.2) is 0 Å². The molecule has 0 fully saturated rings. The molecule has 2 heteroatoms. The molecular formula is C13H15NS. The first-order valence-corrected chi connectivity index (χ1v) is 6.02. The normalized spacial score (nSPS) is 12.7. The molecule has 0 aliphatic carbocycles. The molecule has 2 rings (SSSR count). The largest absolute Gasteiger partial charge is 0.320 e. The van der Waals surface area contributed by atoms with Crippen molar-refractivity contribution in [3.63, 3.8) is 0 Å². The van der Waals surface area contributed by atoms with Crippen LogP contribution >= 0.6 is 11.3 Å². The minimum Gasteiger partial charge on any atom is -0.320 e. The minimum atomic E-state index is 0.0245. The topological polar surface area (TPSA) is 26.0 Å². The number of aryl methyl sites for hydroxylation is 1. The molecule has 0 aliphatic rings. The van der Waals surface area contributed by atoms with Crippen LogP contribution in [-0.2, 0) is 6.42 Å². The second kappa shape index (κ2) is 4.60. The molecule has 0 radical (unpaired) electrons. The highest BCUT2D eigenvalue weighted by Gasteiger charge is 2.10. The zero-order valence-electron chi connectivity index (χ0n) is 8.81. The highest BCUT2D eigenvalue weighted by atomic mass is 32.1. The molecule has 0 saturated heterocycles. The molecule has 1 heterocycles. The summed E-state index contributed by atoms with van der Waals surface area (Å²) in [5.41, 5.74) is 7.38. The summed E-state index contributed by atoms with van der Waals surface area (Å²) in [5.74, 6) is 0. The summed E-state index contributed by atoms with van der Waals surface area (Å²) in [4.78, 5) is 2.65. The van der Waals surface area contributed by atoms with Crippen LogP contribution in [0, 0.1) is 0 Å². The first kappa shape index (κ1) is 10.4. The lowest BCUT2D eigenvalue weighted by atomic mass is 10.1. The lowest BCUT2D eigenvalue weighted by molar-refractivity contribution is 0.893. The predicted molar refractivity (Wildman–Crippen MR) is 66.2 cm³/mol. The van der Waals surface area contributed by atoms with Gasteiger partial charge in [0.25, 0.3) is 0 Å². The molecule has 15 heavy (non-hydrogen) atoms. The summed E-state index contributed by atoms with van der Waals surface area (Å²) in [6.45, 7) is 2.17. The Morgan fingerprint density at radius 1 is 1.13 bits per heavy atom. The van der Waals surface area contributed by atoms with E-state index in [0.29, 0.717) is 0 Å². The van der Waals surface area contributed by atoms with Crippen LogP contribution in [0.4, 0.5) is 0 Å². The molecule has 0 amide bonds. The number of thiophene rings is 1. The van der Waals surface area contributed by atoms with Crippen molar-refractivity contribution in [2.75, 3.05) is 0 Å². The van der Waals surface area contributed by atoms with E-state index in [2.05, 4.69) is 31.2 Å². The van der Waals surface area contributed by atoms with Gasteiger partial charge in [0.2, 0.25) is 0 Å². The van der Waals surface area contributed by atoms with E-state index >= 15 is 0 Å². The highest BCUT2D eigenvalue weighted by Crippen LogP contribution is 2.26. The van der Waals surface area contributed by atoms with Gasteiger partial charge in [0.15, 0.2) is 0 Å². The lowest BCUT2D eigenvalue weighted by Gasteiger charge is -2.09. The summed E-state index contributed by atoms with van der Waals surface area (Å²) in [6.07, 6.45) is 1.09. The Labute approximate surface area is 94.6 Å². The molecule has 2 N–H and O–H groups in total. The van der Waals surface area contributed by atoms with Crippen LogP contribution in [0.25, 0.3) is 0 Å². The van der Waals surface area contributed by atoms with Gasteiger partial charge in [-0.15, -0.1) is 11.3 Å². The third kappa shape index (κ3) is 2.28. The number of benzene rings is 1. The van der Waals surface area contributed by atoms with Crippen LogP contribution in [0.1, 0.15) is 28.3 Å². The summed E-state index contributed by atoms with van der Waals surface area (Å²) in [7, 11) is 0. The van der Waals surface area contributed by atoms with Gasteiger partial charge >= 0.3 is 0 Å². The van der Waals surface area contributed by atoms with Crippen LogP contribution < -0.4 is 5.73 Å². The van der Waals surface area contributed by atoms with Crippen LogP contribution in [0.15, 0.2) is 42.5 Å². The van der Waals surface area contributed by atoms with Gasteiger partial charge < -0.3 is 5.73 Å². The summed E-state index contributed by atoms with van der Waals surface area (Å²) in [6, 6.07) is 14.6. The second-order valence-electron chi connectivity index (χ2n) is 3.55. The Bertz CT molecular complexity index is 419. The molecule has 1 aromatic carbocycles. The molecule has 0 bridgehead atoms. The summed E-state index contributed by atoms with van der Waals surface area (Å²) >= 11 is 1.81. The fraction of sp³-hybridized carbons (Fsp3) is 0.231. The van der Waals surface area contributed by atoms with Crippen molar-refractivity contribution in [3.8, 4) is 0 Å². The maximum Gasteiger partial charge on any atom is 0.0646 e. The van der Waals surface area contributed by atoms with Gasteiger partial charge in [0, 0.05) is 9.75 Å². The number of nitrogens with two attached hydrogens (primary N) is 1. The molecule has 1 atom stereocenters. The smallest absolute Gasteiger partial charge is 0.0646 e. The van der Waals surface area contributed by atoms with Crippen molar-refractivity contribution in [2.45, 2.75) is 19.4 Å². The van der Waals surface area contributed by atoms with E-state index in [4.69, 9.17) is 5.73 Å². The van der Waals surface area contributed by atoms with E-state index < -0.39 is 0 Å². The number of hydrogen-bond acceptors (Lipinski definition) is 2. The number of hydrogen-bond donors (Lipinski definition) is 1. The van der Waals surface area contributed by atoms with Crippen molar-refractivity contribution in [1.29, 1.82) is 0 Å². The van der Waals surface area contributed by atoms with E-state index in [9.17, 15) is 0 Å². The lowest BCUT2D eigenvalue weighted by Crippen LogP contribution is -2.09. The van der Waals surface area contributed by atoms with Gasteiger partial charge in [0.1, 0.15) is 0 Å². The molecule has 1 aromatic heterocycles. The average Bonchev–Trinajstić information content (AvgIpc) is 2.78. The Hall–Kier alpha value is -1.12. The van der Waals surface area contributed by atoms with E-state index in [1.807, 2.05) is 29.5 Å². The standard InChI is InChI=1S/C13H15NS/c1-2-11-8-9-12(15-11)13(14)10-6-4-3-5-7-10/h3-9,13H,2,14H2,1H3. The quantitative estimate of drug-likeness (QED) is 0.838. The molecule has 0 spiro atoms. The Morgan fingerprint density at radius 3 is 2.47 bits per heavy atom. The average molecular weight is 217 g/mol. The fourth-order valence-corrected chi connectivity index (χ4v) is 2.56. The van der Waals surface area contributed by atoms with E-state index in [-0.39, 0.29) is 6.04 Å². The Balaban J connectivity index is 2.24. The maximum atomic E-state index is 6.19. The maximum absolute atomic E-state index is 6.19. The minimum absolute atomic E-state index is 0.0245. The van der Waals surface area contributed by atoms with Crippen molar-refractivity contribution in [1.82, 2.24) is 0 Å². The van der Waals surface area contributed by atoms with Crippen LogP contribution in [0.5, 0.6) is 0 Å². The van der Waals surface area contributed by atoms with Gasteiger partial charge in [-0.2, -0.15) is 0 Å². The first-order chi connectivity index (χ1) is 7.31. The monoisotopic (exact) mass is 217 g/mol.